The number of alkyl halides is 5. The van der Waals surface area contributed by atoms with E-state index in [1.165, 1.54) is 0 Å². The first-order valence-corrected chi connectivity index (χ1v) is 7.56. The fourth-order valence-electron chi connectivity index (χ4n) is 1.97. The zero-order chi connectivity index (χ0) is 17.5. The van der Waals surface area contributed by atoms with Crippen LogP contribution in [0.4, 0.5) is 22.0 Å². The van der Waals surface area contributed by atoms with E-state index in [1.807, 2.05) is 0 Å². The molecule has 1 N–H and O–H groups in total. The van der Waals surface area contributed by atoms with Crippen molar-refractivity contribution in [3.05, 3.63) is 22.5 Å². The van der Waals surface area contributed by atoms with Gasteiger partial charge in [0.2, 0.25) is 0 Å². The lowest BCUT2D eigenvalue weighted by Gasteiger charge is -2.18. The summed E-state index contributed by atoms with van der Waals surface area (Å²) in [4.78, 5) is 12.5. The molecule has 0 bridgehead atoms. The van der Waals surface area contributed by atoms with Crippen LogP contribution in [0, 0.1) is 0 Å². The third-order valence-corrected chi connectivity index (χ3v) is 3.89. The minimum absolute atomic E-state index is 0.494. The summed E-state index contributed by atoms with van der Waals surface area (Å²) in [7, 11) is -4.41. The highest BCUT2D eigenvalue weighted by Crippen LogP contribution is 2.38. The van der Waals surface area contributed by atoms with Crippen LogP contribution in [0.25, 0.3) is 0 Å². The Balaban J connectivity index is 4.12. The van der Waals surface area contributed by atoms with E-state index in [0.717, 1.165) is 6.92 Å². The molecule has 1 heterocycles. The van der Waals surface area contributed by atoms with Gasteiger partial charge in [-0.15, -0.1) is 0 Å². The second-order valence-electron chi connectivity index (χ2n) is 4.26. The summed E-state index contributed by atoms with van der Waals surface area (Å²) in [6, 6.07) is 0. The van der Waals surface area contributed by atoms with Gasteiger partial charge in [-0.3, -0.25) is 0 Å². The van der Waals surface area contributed by atoms with Crippen LogP contribution in [0.5, 0.6) is 0 Å². The van der Waals surface area contributed by atoms with Crippen molar-refractivity contribution in [3.8, 4) is 0 Å². The van der Waals surface area contributed by atoms with Crippen molar-refractivity contribution in [2.24, 2.45) is 0 Å². The average molecular weight is 347 g/mol. The number of sulfone groups is 1. The molecule has 1 aromatic rings. The van der Waals surface area contributed by atoms with Crippen molar-refractivity contribution in [2.45, 2.75) is 30.8 Å². The smallest absolute Gasteiger partial charge is 0.434 e. The Morgan fingerprint density at radius 1 is 1.32 bits per heavy atom. The van der Waals surface area contributed by atoms with Crippen molar-refractivity contribution < 1.29 is 40.3 Å². The SMILES string of the molecule is CCc1c(C(=O)O)c(C(F)(F)F)nc(C(F)F)c1S(C)(=O)=O. The van der Waals surface area contributed by atoms with Gasteiger partial charge < -0.3 is 5.11 Å². The number of rotatable bonds is 4. The molecule has 5 nitrogen and oxygen atoms in total. The van der Waals surface area contributed by atoms with Gasteiger partial charge in [0.25, 0.3) is 6.43 Å². The number of halogens is 5. The lowest BCUT2D eigenvalue weighted by atomic mass is 10.0. The summed E-state index contributed by atoms with van der Waals surface area (Å²) < 4.78 is 87.7. The molecule has 0 aliphatic carbocycles. The molecule has 0 saturated heterocycles. The fourth-order valence-corrected chi connectivity index (χ4v) is 3.18. The van der Waals surface area contributed by atoms with Crippen molar-refractivity contribution >= 4 is 15.8 Å². The molecular formula is C11H10F5NO4S. The van der Waals surface area contributed by atoms with Crippen LogP contribution < -0.4 is 0 Å². The maximum absolute atomic E-state index is 12.9. The van der Waals surface area contributed by atoms with E-state index in [9.17, 15) is 35.2 Å². The van der Waals surface area contributed by atoms with Crippen LogP contribution in [-0.4, -0.2) is 30.7 Å². The van der Waals surface area contributed by atoms with Crippen LogP contribution in [0.2, 0.25) is 0 Å². The number of aromatic nitrogens is 1. The molecule has 0 spiro atoms. The van der Waals surface area contributed by atoms with Crippen LogP contribution >= 0.6 is 0 Å². The van der Waals surface area contributed by atoms with Crippen molar-refractivity contribution in [1.82, 2.24) is 4.98 Å². The Kier molecular flexibility index (Phi) is 4.80. The van der Waals surface area contributed by atoms with Gasteiger partial charge in [0.1, 0.15) is 5.69 Å². The Morgan fingerprint density at radius 2 is 1.82 bits per heavy atom. The molecule has 0 aliphatic rings. The lowest BCUT2D eigenvalue weighted by molar-refractivity contribution is -0.142. The molecule has 0 aromatic carbocycles. The van der Waals surface area contributed by atoms with Crippen LogP contribution in [0.15, 0.2) is 4.90 Å². The molecule has 0 saturated carbocycles. The molecule has 0 fully saturated rings. The van der Waals surface area contributed by atoms with E-state index in [1.54, 1.807) is 0 Å². The van der Waals surface area contributed by atoms with Crippen molar-refractivity contribution in [2.75, 3.05) is 6.26 Å². The zero-order valence-electron chi connectivity index (χ0n) is 11.2. The Labute approximate surface area is 121 Å². The largest absolute Gasteiger partial charge is 0.478 e. The summed E-state index contributed by atoms with van der Waals surface area (Å²) in [6.45, 7) is 1.16. The monoisotopic (exact) mass is 347 g/mol. The van der Waals surface area contributed by atoms with Gasteiger partial charge >= 0.3 is 12.1 Å². The van der Waals surface area contributed by atoms with Crippen molar-refractivity contribution in [1.29, 1.82) is 0 Å². The molecule has 0 radical (unpaired) electrons. The molecule has 1 aromatic heterocycles. The maximum atomic E-state index is 12.9. The molecule has 124 valence electrons. The standard InChI is InChI=1S/C11H10F5NO4S/c1-3-4-5(10(18)19)8(11(14,15)16)17-6(9(12)13)7(4)22(2,20)21/h9H,3H2,1-2H3,(H,18,19). The van der Waals surface area contributed by atoms with Crippen LogP contribution in [0.1, 0.15) is 40.7 Å². The molecule has 22 heavy (non-hydrogen) atoms. The number of aromatic carboxylic acids is 1. The highest BCUT2D eigenvalue weighted by atomic mass is 32.2. The molecule has 1 rings (SSSR count). The predicted octanol–water partition coefficient (Wildman–Crippen LogP) is 2.70. The number of carboxylic acids is 1. The Morgan fingerprint density at radius 3 is 2.09 bits per heavy atom. The van der Waals surface area contributed by atoms with Crippen LogP contribution in [0.3, 0.4) is 0 Å². The van der Waals surface area contributed by atoms with Gasteiger partial charge in [-0.25, -0.2) is 27.0 Å². The normalized spacial score (nSPS) is 12.7. The topological polar surface area (TPSA) is 84.3 Å². The summed E-state index contributed by atoms with van der Waals surface area (Å²) in [5.74, 6) is -2.10. The van der Waals surface area contributed by atoms with E-state index < -0.39 is 62.2 Å². The maximum Gasteiger partial charge on any atom is 0.434 e. The van der Waals surface area contributed by atoms with E-state index in [0.29, 0.717) is 6.26 Å². The molecule has 0 amide bonds. The number of carboxylic acid groups (broad SMARTS) is 1. The second kappa shape index (κ2) is 5.78. The number of nitrogens with zero attached hydrogens (tertiary/aromatic N) is 1. The molecule has 0 aliphatic heterocycles. The first-order chi connectivity index (χ1) is 9.82. The highest BCUT2D eigenvalue weighted by Gasteiger charge is 2.42. The van der Waals surface area contributed by atoms with Gasteiger partial charge in [0, 0.05) is 6.26 Å². The van der Waals surface area contributed by atoms with Crippen molar-refractivity contribution in [3.63, 3.8) is 0 Å². The number of carbonyl (C=O) groups is 1. The second-order valence-corrected chi connectivity index (χ2v) is 6.21. The third-order valence-electron chi connectivity index (χ3n) is 2.69. The molecule has 0 atom stereocenters. The van der Waals surface area contributed by atoms with Crippen LogP contribution in [-0.2, 0) is 22.4 Å². The summed E-state index contributed by atoms with van der Waals surface area (Å²) in [6.07, 6.45) is -8.94. The quantitative estimate of drug-likeness (QED) is 0.847. The summed E-state index contributed by atoms with van der Waals surface area (Å²) in [5, 5.41) is 8.94. The first-order valence-electron chi connectivity index (χ1n) is 5.67. The summed E-state index contributed by atoms with van der Waals surface area (Å²) in [5.41, 5.74) is -5.91. The Bertz CT molecular complexity index is 712. The van der Waals surface area contributed by atoms with Gasteiger partial charge in [-0.05, 0) is 12.0 Å². The number of hydrogen-bond acceptors (Lipinski definition) is 4. The number of hydrogen-bond donors (Lipinski definition) is 1. The predicted molar refractivity (Wildman–Crippen MR) is 63.6 cm³/mol. The fraction of sp³-hybridized carbons (Fsp3) is 0.455. The number of pyridine rings is 1. The van der Waals surface area contributed by atoms with Gasteiger partial charge in [-0.2, -0.15) is 13.2 Å². The minimum Gasteiger partial charge on any atom is -0.478 e. The zero-order valence-corrected chi connectivity index (χ0v) is 12.0. The summed E-state index contributed by atoms with van der Waals surface area (Å²) >= 11 is 0. The van der Waals surface area contributed by atoms with E-state index in [4.69, 9.17) is 5.11 Å². The highest BCUT2D eigenvalue weighted by molar-refractivity contribution is 7.90. The third kappa shape index (κ3) is 3.34. The van der Waals surface area contributed by atoms with E-state index in [2.05, 4.69) is 4.98 Å². The van der Waals surface area contributed by atoms with Gasteiger partial charge in [-0.1, -0.05) is 6.92 Å². The minimum atomic E-state index is -5.32. The van der Waals surface area contributed by atoms with E-state index in [-0.39, 0.29) is 0 Å². The Hall–Kier alpha value is -1.78. The molecule has 11 heteroatoms. The first kappa shape index (κ1) is 18.3. The van der Waals surface area contributed by atoms with Gasteiger partial charge in [0.05, 0.1) is 10.5 Å². The molecule has 0 unspecified atom stereocenters. The van der Waals surface area contributed by atoms with E-state index >= 15 is 0 Å². The molecular weight excluding hydrogens is 337 g/mol. The van der Waals surface area contributed by atoms with Gasteiger partial charge in [0.15, 0.2) is 15.5 Å². The lowest BCUT2D eigenvalue weighted by Crippen LogP contribution is -2.23. The average Bonchev–Trinajstić information content (AvgIpc) is 2.33.